The second-order valence-corrected chi connectivity index (χ2v) is 6.84. The number of aromatic nitrogens is 4. The number of para-hydroxylation sites is 1. The number of rotatable bonds is 2. The second kappa shape index (κ2) is 6.26. The van der Waals surface area contributed by atoms with Gasteiger partial charge in [-0.1, -0.05) is 29.5 Å². The summed E-state index contributed by atoms with van der Waals surface area (Å²) in [5.41, 5.74) is 2.00. The Kier molecular flexibility index (Phi) is 3.71. The van der Waals surface area contributed by atoms with E-state index in [1.807, 2.05) is 29.2 Å². The zero-order chi connectivity index (χ0) is 19.3. The molecule has 0 bridgehead atoms. The maximum atomic E-state index is 14.4. The minimum Gasteiger partial charge on any atom is -0.345 e. The van der Waals surface area contributed by atoms with Crippen LogP contribution >= 0.6 is 0 Å². The molecule has 4 aromatic rings. The molecule has 0 aliphatic carbocycles. The van der Waals surface area contributed by atoms with Gasteiger partial charge in [0.2, 0.25) is 5.91 Å². The van der Waals surface area contributed by atoms with Crippen LogP contribution in [0.25, 0.3) is 27.8 Å². The van der Waals surface area contributed by atoms with Crippen molar-refractivity contribution in [1.29, 1.82) is 0 Å². The van der Waals surface area contributed by atoms with E-state index in [4.69, 9.17) is 4.98 Å². The fourth-order valence-electron chi connectivity index (χ4n) is 3.56. The largest absolute Gasteiger partial charge is 0.345 e. The van der Waals surface area contributed by atoms with Gasteiger partial charge in [0.05, 0.1) is 12.1 Å². The third kappa shape index (κ3) is 2.49. The summed E-state index contributed by atoms with van der Waals surface area (Å²) in [6.45, 7) is 1.55. The average molecular weight is 376 g/mol. The van der Waals surface area contributed by atoms with Crippen molar-refractivity contribution in [2.45, 2.75) is 0 Å². The first kappa shape index (κ1) is 16.6. The maximum Gasteiger partial charge on any atom is 0.241 e. The zero-order valence-corrected chi connectivity index (χ0v) is 15.2. The Morgan fingerprint density at radius 3 is 2.64 bits per heavy atom. The molecule has 1 aliphatic rings. The van der Waals surface area contributed by atoms with Crippen molar-refractivity contribution in [2.75, 3.05) is 31.6 Å². The lowest BCUT2D eigenvalue weighted by molar-refractivity contribution is -0.129. The molecule has 2 aromatic carbocycles. The predicted octanol–water partition coefficient (Wildman–Crippen LogP) is 2.36. The average Bonchev–Trinajstić information content (AvgIpc) is 3.14. The Labute approximate surface area is 160 Å². The number of nitrogens with zero attached hydrogens (tertiary/aromatic N) is 6. The fraction of sp³-hybridized carbons (Fsp3) is 0.200. The van der Waals surface area contributed by atoms with Gasteiger partial charge in [0.1, 0.15) is 17.3 Å². The summed E-state index contributed by atoms with van der Waals surface area (Å²) in [5.74, 6) is 0.346. The Morgan fingerprint density at radius 2 is 1.82 bits per heavy atom. The van der Waals surface area contributed by atoms with Crippen LogP contribution in [0.15, 0.2) is 48.5 Å². The van der Waals surface area contributed by atoms with E-state index in [-0.39, 0.29) is 18.3 Å². The van der Waals surface area contributed by atoms with Crippen molar-refractivity contribution >= 4 is 28.3 Å². The highest BCUT2D eigenvalue weighted by atomic mass is 19.1. The van der Waals surface area contributed by atoms with Gasteiger partial charge in [0, 0.05) is 31.1 Å². The maximum absolute atomic E-state index is 14.4. The van der Waals surface area contributed by atoms with Gasteiger partial charge < -0.3 is 9.80 Å². The summed E-state index contributed by atoms with van der Waals surface area (Å²) in [7, 11) is 1.80. The lowest BCUT2D eigenvalue weighted by Gasteiger charge is -2.33. The number of benzene rings is 2. The third-order valence-corrected chi connectivity index (χ3v) is 5.12. The molecule has 1 fully saturated rings. The van der Waals surface area contributed by atoms with E-state index in [9.17, 15) is 9.18 Å². The lowest BCUT2D eigenvalue weighted by Crippen LogP contribution is -2.49. The number of fused-ring (bicyclic) bond motifs is 3. The van der Waals surface area contributed by atoms with Gasteiger partial charge in [-0.25, -0.2) is 9.37 Å². The van der Waals surface area contributed by atoms with E-state index in [0.29, 0.717) is 35.8 Å². The molecular weight excluding hydrogens is 359 g/mol. The number of carbonyl (C=O) groups is 1. The van der Waals surface area contributed by atoms with Crippen LogP contribution in [0, 0.1) is 5.82 Å². The van der Waals surface area contributed by atoms with Crippen molar-refractivity contribution in [2.24, 2.45) is 0 Å². The van der Waals surface area contributed by atoms with E-state index in [1.165, 1.54) is 6.07 Å². The number of likely N-dealkylation sites (N-methyl/N-ethyl adjacent to an activating group) is 1. The molecule has 7 nitrogen and oxygen atoms in total. The highest BCUT2D eigenvalue weighted by Gasteiger charge is 2.25. The summed E-state index contributed by atoms with van der Waals surface area (Å²) in [5, 5.41) is 9.30. The molecule has 3 heterocycles. The van der Waals surface area contributed by atoms with Crippen molar-refractivity contribution in [3.05, 3.63) is 54.3 Å². The molecule has 0 N–H and O–H groups in total. The third-order valence-electron chi connectivity index (χ3n) is 5.12. The molecule has 1 saturated heterocycles. The molecule has 28 heavy (non-hydrogen) atoms. The fourth-order valence-corrected chi connectivity index (χ4v) is 3.56. The first-order valence-electron chi connectivity index (χ1n) is 9.01. The van der Waals surface area contributed by atoms with Gasteiger partial charge in [-0.2, -0.15) is 4.52 Å². The highest BCUT2D eigenvalue weighted by Crippen LogP contribution is 2.31. The normalized spacial score (nSPS) is 15.0. The Balaban J connectivity index is 1.76. The van der Waals surface area contributed by atoms with Gasteiger partial charge in [-0.15, -0.1) is 5.10 Å². The van der Waals surface area contributed by atoms with Crippen LogP contribution in [0.5, 0.6) is 0 Å². The van der Waals surface area contributed by atoms with Crippen LogP contribution in [-0.4, -0.2) is 57.3 Å². The van der Waals surface area contributed by atoms with E-state index in [0.717, 1.165) is 10.9 Å². The lowest BCUT2D eigenvalue weighted by atomic mass is 10.1. The van der Waals surface area contributed by atoms with E-state index in [2.05, 4.69) is 10.3 Å². The summed E-state index contributed by atoms with van der Waals surface area (Å²) in [4.78, 5) is 20.7. The molecule has 8 heteroatoms. The molecule has 1 aliphatic heterocycles. The SMILES string of the molecule is CN1CCN(c2nc3c(-c4ccccc4F)nnn3c3ccccc23)CC1=O. The van der Waals surface area contributed by atoms with Crippen LogP contribution in [0.4, 0.5) is 10.2 Å². The van der Waals surface area contributed by atoms with E-state index in [1.54, 1.807) is 34.7 Å². The van der Waals surface area contributed by atoms with Gasteiger partial charge in [-0.05, 0) is 24.3 Å². The molecule has 0 unspecified atom stereocenters. The Hall–Kier alpha value is -3.55. The number of hydrogen-bond acceptors (Lipinski definition) is 5. The quantitative estimate of drug-likeness (QED) is 0.537. The first-order chi connectivity index (χ1) is 13.6. The van der Waals surface area contributed by atoms with Crippen molar-refractivity contribution < 1.29 is 9.18 Å². The van der Waals surface area contributed by atoms with Crippen molar-refractivity contribution in [3.8, 4) is 11.3 Å². The van der Waals surface area contributed by atoms with Gasteiger partial charge in [0.15, 0.2) is 5.65 Å². The number of carbonyl (C=O) groups excluding carboxylic acids is 1. The molecule has 5 rings (SSSR count). The summed E-state index contributed by atoms with van der Waals surface area (Å²) >= 11 is 0. The molecule has 0 spiro atoms. The predicted molar refractivity (Wildman–Crippen MR) is 104 cm³/mol. The topological polar surface area (TPSA) is 66.6 Å². The minimum atomic E-state index is -0.379. The molecular formula is C20H17FN6O. The molecule has 0 saturated carbocycles. The molecule has 140 valence electrons. The second-order valence-electron chi connectivity index (χ2n) is 6.84. The van der Waals surface area contributed by atoms with Crippen LogP contribution < -0.4 is 4.90 Å². The number of hydrogen-bond donors (Lipinski definition) is 0. The molecule has 1 amide bonds. The number of anilines is 1. The summed E-state index contributed by atoms with van der Waals surface area (Å²) < 4.78 is 16.0. The van der Waals surface area contributed by atoms with Crippen molar-refractivity contribution in [3.63, 3.8) is 0 Å². The number of halogens is 1. The Morgan fingerprint density at radius 1 is 1.04 bits per heavy atom. The van der Waals surface area contributed by atoms with E-state index < -0.39 is 0 Å². The molecule has 0 atom stereocenters. The van der Waals surface area contributed by atoms with Crippen LogP contribution in [0.1, 0.15) is 0 Å². The smallest absolute Gasteiger partial charge is 0.241 e. The van der Waals surface area contributed by atoms with Gasteiger partial charge in [-0.3, -0.25) is 4.79 Å². The van der Waals surface area contributed by atoms with E-state index >= 15 is 0 Å². The minimum absolute atomic E-state index is 0.0398. The van der Waals surface area contributed by atoms with Crippen LogP contribution in [-0.2, 0) is 4.79 Å². The number of amides is 1. The van der Waals surface area contributed by atoms with Gasteiger partial charge in [0.25, 0.3) is 0 Å². The monoisotopic (exact) mass is 376 g/mol. The highest BCUT2D eigenvalue weighted by molar-refractivity contribution is 5.95. The summed E-state index contributed by atoms with van der Waals surface area (Å²) in [6, 6.07) is 14.1. The first-order valence-corrected chi connectivity index (χ1v) is 9.01. The Bertz CT molecular complexity index is 1220. The van der Waals surface area contributed by atoms with Gasteiger partial charge >= 0.3 is 0 Å². The van der Waals surface area contributed by atoms with Crippen molar-refractivity contribution in [1.82, 2.24) is 24.7 Å². The zero-order valence-electron chi connectivity index (χ0n) is 15.2. The molecule has 2 aromatic heterocycles. The summed E-state index contributed by atoms with van der Waals surface area (Å²) in [6.07, 6.45) is 0. The standard InChI is InChI=1S/C20H17FN6O/c1-25-10-11-26(12-17(25)28)19-14-7-3-5-9-16(14)27-20(22-19)18(23-24-27)13-6-2-4-8-15(13)21/h2-9H,10-12H2,1H3. The van der Waals surface area contributed by atoms with Crippen LogP contribution in [0.3, 0.4) is 0 Å². The van der Waals surface area contributed by atoms with Crippen LogP contribution in [0.2, 0.25) is 0 Å². The number of piperazine rings is 1. The molecule has 0 radical (unpaired) electrons.